The number of epoxide rings is 1. The Morgan fingerprint density at radius 1 is 1.27 bits per heavy atom. The van der Waals surface area contributed by atoms with Crippen molar-refractivity contribution >= 4 is 0 Å². The molecule has 0 aromatic heterocycles. The number of piperidine rings is 1. The molecule has 0 radical (unpaired) electrons. The fourth-order valence-corrected chi connectivity index (χ4v) is 2.48. The number of fused-ring (bicyclic) bond motifs is 1. The smallest absolute Gasteiger partial charge is 0.0969 e. The van der Waals surface area contributed by atoms with Crippen LogP contribution in [0.3, 0.4) is 0 Å². The summed E-state index contributed by atoms with van der Waals surface area (Å²) in [6.45, 7) is 4.48. The minimum absolute atomic E-state index is 0.532. The molecule has 1 aromatic rings. The summed E-state index contributed by atoms with van der Waals surface area (Å²) < 4.78 is 5.57. The predicted molar refractivity (Wildman–Crippen MR) is 59.6 cm³/mol. The van der Waals surface area contributed by atoms with E-state index >= 15 is 0 Å². The fourth-order valence-electron chi connectivity index (χ4n) is 2.48. The third kappa shape index (κ3) is 1.92. The maximum Gasteiger partial charge on any atom is 0.0969 e. The first-order chi connectivity index (χ1) is 7.33. The summed E-state index contributed by atoms with van der Waals surface area (Å²) in [5, 5.41) is 0. The first-order valence-corrected chi connectivity index (χ1v) is 5.76. The van der Waals surface area contributed by atoms with Gasteiger partial charge in [0.1, 0.15) is 0 Å². The minimum Gasteiger partial charge on any atom is -0.368 e. The molecule has 2 heteroatoms. The molecule has 0 unspecified atom stereocenters. The fraction of sp³-hybridized carbons (Fsp3) is 0.538. The number of ether oxygens (including phenoxy) is 1. The normalized spacial score (nSPS) is 34.9. The van der Waals surface area contributed by atoms with Crippen molar-refractivity contribution in [2.75, 3.05) is 6.54 Å². The lowest BCUT2D eigenvalue weighted by molar-refractivity contribution is 0.170. The van der Waals surface area contributed by atoms with Gasteiger partial charge in [-0.2, -0.15) is 0 Å². The Labute approximate surface area is 90.8 Å². The van der Waals surface area contributed by atoms with Gasteiger partial charge in [-0.25, -0.2) is 0 Å². The van der Waals surface area contributed by atoms with Crippen molar-refractivity contribution in [2.24, 2.45) is 0 Å². The number of hydrogen-bond acceptors (Lipinski definition) is 2. The maximum atomic E-state index is 5.57. The van der Waals surface area contributed by atoms with Gasteiger partial charge >= 0.3 is 0 Å². The van der Waals surface area contributed by atoms with Crippen LogP contribution in [0, 0.1) is 0 Å². The Morgan fingerprint density at radius 3 is 2.87 bits per heavy atom. The van der Waals surface area contributed by atoms with Crippen LogP contribution in [0.25, 0.3) is 0 Å². The summed E-state index contributed by atoms with van der Waals surface area (Å²) in [5.41, 5.74) is 1.41. The molecule has 2 heterocycles. The molecule has 0 bridgehead atoms. The van der Waals surface area contributed by atoms with Gasteiger partial charge in [0.05, 0.1) is 12.2 Å². The molecular weight excluding hydrogens is 186 g/mol. The van der Waals surface area contributed by atoms with Gasteiger partial charge in [0.15, 0.2) is 0 Å². The van der Waals surface area contributed by atoms with E-state index in [1.807, 2.05) is 0 Å². The van der Waals surface area contributed by atoms with E-state index in [-0.39, 0.29) is 0 Å². The number of hydrogen-bond donors (Lipinski definition) is 0. The highest BCUT2D eigenvalue weighted by Gasteiger charge is 2.45. The summed E-state index contributed by atoms with van der Waals surface area (Å²) in [6, 6.07) is 11.4. The van der Waals surface area contributed by atoms with Crippen molar-refractivity contribution in [3.05, 3.63) is 35.9 Å². The summed E-state index contributed by atoms with van der Waals surface area (Å²) >= 11 is 0. The number of benzene rings is 1. The highest BCUT2D eigenvalue weighted by molar-refractivity contribution is 5.15. The zero-order valence-corrected chi connectivity index (χ0v) is 9.10. The monoisotopic (exact) mass is 203 g/mol. The number of nitrogens with zero attached hydrogens (tertiary/aromatic N) is 1. The minimum atomic E-state index is 0.532. The van der Waals surface area contributed by atoms with E-state index in [2.05, 4.69) is 42.2 Å². The Bertz CT molecular complexity index is 338. The molecule has 0 N–H and O–H groups in total. The van der Waals surface area contributed by atoms with Crippen molar-refractivity contribution in [3.63, 3.8) is 0 Å². The standard InChI is InChI=1S/C13H17NO/c1-10-7-12-13(15-12)9-14(10)8-11-5-3-2-4-6-11/h2-6,10,12-13H,7-9H2,1H3/t10-,12-,13+/m1/s1. The van der Waals surface area contributed by atoms with Crippen LogP contribution >= 0.6 is 0 Å². The maximum absolute atomic E-state index is 5.57. The molecule has 2 nitrogen and oxygen atoms in total. The number of likely N-dealkylation sites (tertiary alicyclic amines) is 1. The Morgan fingerprint density at radius 2 is 2.07 bits per heavy atom. The first kappa shape index (κ1) is 9.37. The molecule has 2 saturated heterocycles. The second-order valence-corrected chi connectivity index (χ2v) is 4.71. The average molecular weight is 203 g/mol. The van der Waals surface area contributed by atoms with Gasteiger partial charge in [0, 0.05) is 19.1 Å². The quantitative estimate of drug-likeness (QED) is 0.684. The average Bonchev–Trinajstić information content (AvgIpc) is 2.98. The van der Waals surface area contributed by atoms with Crippen molar-refractivity contribution in [3.8, 4) is 0 Å². The molecule has 3 atom stereocenters. The van der Waals surface area contributed by atoms with Gasteiger partial charge < -0.3 is 4.74 Å². The third-order valence-corrected chi connectivity index (χ3v) is 3.53. The summed E-state index contributed by atoms with van der Waals surface area (Å²) in [7, 11) is 0. The molecule has 80 valence electrons. The van der Waals surface area contributed by atoms with E-state index in [1.54, 1.807) is 0 Å². The van der Waals surface area contributed by atoms with Crippen LogP contribution in [0.4, 0.5) is 0 Å². The summed E-state index contributed by atoms with van der Waals surface area (Å²) in [6.07, 6.45) is 2.31. The van der Waals surface area contributed by atoms with E-state index in [0.717, 1.165) is 13.1 Å². The molecule has 0 saturated carbocycles. The van der Waals surface area contributed by atoms with E-state index in [0.29, 0.717) is 18.2 Å². The van der Waals surface area contributed by atoms with Gasteiger partial charge in [-0.1, -0.05) is 30.3 Å². The van der Waals surface area contributed by atoms with E-state index in [9.17, 15) is 0 Å². The number of rotatable bonds is 2. The lowest BCUT2D eigenvalue weighted by Crippen LogP contribution is -2.40. The van der Waals surface area contributed by atoms with Gasteiger partial charge in [-0.05, 0) is 18.9 Å². The lowest BCUT2D eigenvalue weighted by Gasteiger charge is -2.31. The summed E-state index contributed by atoms with van der Waals surface area (Å²) in [4.78, 5) is 2.53. The molecule has 2 fully saturated rings. The summed E-state index contributed by atoms with van der Waals surface area (Å²) in [5.74, 6) is 0. The van der Waals surface area contributed by atoms with E-state index < -0.39 is 0 Å². The van der Waals surface area contributed by atoms with Gasteiger partial charge in [-0.15, -0.1) is 0 Å². The largest absolute Gasteiger partial charge is 0.368 e. The Balaban J connectivity index is 1.67. The van der Waals surface area contributed by atoms with E-state index in [1.165, 1.54) is 12.0 Å². The first-order valence-electron chi connectivity index (χ1n) is 5.76. The molecule has 0 amide bonds. The van der Waals surface area contributed by atoms with Crippen LogP contribution in [0.5, 0.6) is 0 Å². The predicted octanol–water partition coefficient (Wildman–Crippen LogP) is 2.05. The van der Waals surface area contributed by atoms with Crippen LogP contribution in [0.15, 0.2) is 30.3 Å². The van der Waals surface area contributed by atoms with Crippen molar-refractivity contribution in [1.29, 1.82) is 0 Å². The molecule has 0 aliphatic carbocycles. The lowest BCUT2D eigenvalue weighted by atomic mass is 10.0. The highest BCUT2D eigenvalue weighted by atomic mass is 16.6. The topological polar surface area (TPSA) is 15.8 Å². The molecular formula is C13H17NO. The third-order valence-electron chi connectivity index (χ3n) is 3.53. The molecule has 2 aliphatic heterocycles. The van der Waals surface area contributed by atoms with Crippen LogP contribution in [0.1, 0.15) is 18.9 Å². The zero-order valence-electron chi connectivity index (χ0n) is 9.10. The van der Waals surface area contributed by atoms with Crippen LogP contribution in [-0.2, 0) is 11.3 Å². The van der Waals surface area contributed by atoms with Crippen LogP contribution in [-0.4, -0.2) is 29.7 Å². The van der Waals surface area contributed by atoms with Gasteiger partial charge in [0.2, 0.25) is 0 Å². The second kappa shape index (κ2) is 3.62. The molecule has 15 heavy (non-hydrogen) atoms. The van der Waals surface area contributed by atoms with E-state index in [4.69, 9.17) is 4.74 Å². The van der Waals surface area contributed by atoms with Crippen LogP contribution < -0.4 is 0 Å². The van der Waals surface area contributed by atoms with Gasteiger partial charge in [0.25, 0.3) is 0 Å². The molecule has 3 rings (SSSR count). The van der Waals surface area contributed by atoms with Gasteiger partial charge in [-0.3, -0.25) is 4.90 Å². The Kier molecular flexibility index (Phi) is 2.26. The van der Waals surface area contributed by atoms with Crippen molar-refractivity contribution in [1.82, 2.24) is 4.90 Å². The molecule has 1 aromatic carbocycles. The Hall–Kier alpha value is -0.860. The van der Waals surface area contributed by atoms with Crippen molar-refractivity contribution in [2.45, 2.75) is 38.1 Å². The highest BCUT2D eigenvalue weighted by Crippen LogP contribution is 2.34. The molecule has 0 spiro atoms. The second-order valence-electron chi connectivity index (χ2n) is 4.71. The zero-order chi connectivity index (χ0) is 10.3. The molecule has 2 aliphatic rings. The SMILES string of the molecule is C[C@@H]1C[C@H]2O[C@H]2CN1Cc1ccccc1. The van der Waals surface area contributed by atoms with Crippen molar-refractivity contribution < 1.29 is 4.74 Å². The van der Waals surface area contributed by atoms with Crippen LogP contribution in [0.2, 0.25) is 0 Å².